The number of nitrogens with zero attached hydrogens (tertiary/aromatic N) is 5. The highest BCUT2D eigenvalue weighted by atomic mass is 35.5. The molecular formula is C11H5Cl2N5S2. The third-order valence-electron chi connectivity index (χ3n) is 2.25. The maximum Gasteiger partial charge on any atom is 0.130 e. The molecule has 0 aliphatic carbocycles. The van der Waals surface area contributed by atoms with Gasteiger partial charge in [0.05, 0.1) is 10.0 Å². The lowest BCUT2D eigenvalue weighted by molar-refractivity contribution is 1.24. The zero-order chi connectivity index (χ0) is 14.5. The molecule has 0 amide bonds. The van der Waals surface area contributed by atoms with Gasteiger partial charge in [0, 0.05) is 10.7 Å². The molecule has 0 saturated heterocycles. The summed E-state index contributed by atoms with van der Waals surface area (Å²) in [5.74, 6) is 0.588. The van der Waals surface area contributed by atoms with E-state index in [1.54, 1.807) is 12.1 Å². The van der Waals surface area contributed by atoms with Gasteiger partial charge in [-0.15, -0.1) is 0 Å². The van der Waals surface area contributed by atoms with Gasteiger partial charge in [-0.1, -0.05) is 41.0 Å². The minimum atomic E-state index is 0.284. The van der Waals surface area contributed by atoms with Crippen molar-refractivity contribution >= 4 is 51.5 Å². The summed E-state index contributed by atoms with van der Waals surface area (Å²) in [5.41, 5.74) is 9.68. The van der Waals surface area contributed by atoms with E-state index in [-0.39, 0.29) is 5.00 Å². The van der Waals surface area contributed by atoms with E-state index in [0.29, 0.717) is 26.4 Å². The standard InChI is InChI=1S/C11H5Cl2N5S2/c12-8-2-1-6(3-9(8)13)5-19-11-7(4-14)10(16-18-15)20-17-11/h1-3H,5H2. The van der Waals surface area contributed by atoms with Crippen LogP contribution in [0.15, 0.2) is 28.3 Å². The van der Waals surface area contributed by atoms with Crippen LogP contribution >= 0.6 is 46.5 Å². The molecule has 0 radical (unpaired) electrons. The largest absolute Gasteiger partial charge is 0.192 e. The van der Waals surface area contributed by atoms with Gasteiger partial charge in [0.15, 0.2) is 0 Å². The number of aromatic nitrogens is 1. The number of benzene rings is 1. The highest BCUT2D eigenvalue weighted by Crippen LogP contribution is 2.35. The summed E-state index contributed by atoms with van der Waals surface area (Å²) in [5, 5.41) is 14.3. The van der Waals surface area contributed by atoms with Crippen LogP contribution in [-0.4, -0.2) is 4.37 Å². The van der Waals surface area contributed by atoms with Crippen molar-refractivity contribution in [2.75, 3.05) is 0 Å². The maximum absolute atomic E-state index is 9.07. The second kappa shape index (κ2) is 6.84. The third-order valence-corrected chi connectivity index (χ3v) is 4.88. The van der Waals surface area contributed by atoms with Crippen molar-refractivity contribution in [2.24, 2.45) is 5.11 Å². The van der Waals surface area contributed by atoms with Gasteiger partial charge in [-0.05, 0) is 39.9 Å². The zero-order valence-corrected chi connectivity index (χ0v) is 12.9. The molecule has 1 aromatic carbocycles. The Morgan fingerprint density at radius 3 is 2.90 bits per heavy atom. The number of azide groups is 1. The summed E-state index contributed by atoms with van der Waals surface area (Å²) in [6, 6.07) is 7.34. The highest BCUT2D eigenvalue weighted by molar-refractivity contribution is 7.98. The monoisotopic (exact) mass is 341 g/mol. The van der Waals surface area contributed by atoms with Gasteiger partial charge in [0.2, 0.25) is 0 Å². The molecular weight excluding hydrogens is 337 g/mol. The summed E-state index contributed by atoms with van der Waals surface area (Å²) in [7, 11) is 0. The lowest BCUT2D eigenvalue weighted by Crippen LogP contribution is -1.83. The predicted octanol–water partition coefficient (Wildman–Crippen LogP) is 5.56. The van der Waals surface area contributed by atoms with Crippen LogP contribution in [0.1, 0.15) is 11.1 Å². The minimum Gasteiger partial charge on any atom is -0.192 e. The first-order chi connectivity index (χ1) is 9.65. The normalized spacial score (nSPS) is 9.85. The molecule has 20 heavy (non-hydrogen) atoms. The van der Waals surface area contributed by atoms with E-state index in [2.05, 4.69) is 14.4 Å². The molecule has 1 heterocycles. The molecule has 0 unspecified atom stereocenters. The zero-order valence-electron chi connectivity index (χ0n) is 9.75. The maximum atomic E-state index is 9.07. The second-order valence-electron chi connectivity index (χ2n) is 3.51. The fraction of sp³-hybridized carbons (Fsp3) is 0.0909. The van der Waals surface area contributed by atoms with Crippen molar-refractivity contribution in [3.05, 3.63) is 49.8 Å². The Bertz CT molecular complexity index is 731. The summed E-state index contributed by atoms with van der Waals surface area (Å²) in [6.45, 7) is 0. The van der Waals surface area contributed by atoms with Crippen molar-refractivity contribution in [2.45, 2.75) is 10.8 Å². The molecule has 9 heteroatoms. The number of halogens is 2. The molecule has 0 bridgehead atoms. The average molecular weight is 342 g/mol. The average Bonchev–Trinajstić information content (AvgIpc) is 2.82. The van der Waals surface area contributed by atoms with Crippen molar-refractivity contribution in [1.82, 2.24) is 4.37 Å². The highest BCUT2D eigenvalue weighted by Gasteiger charge is 2.13. The fourth-order valence-corrected chi connectivity index (χ4v) is 3.40. The van der Waals surface area contributed by atoms with Crippen molar-refractivity contribution in [3.63, 3.8) is 0 Å². The Morgan fingerprint density at radius 1 is 1.45 bits per heavy atom. The Hall–Kier alpha value is -1.42. The van der Waals surface area contributed by atoms with Gasteiger partial charge >= 0.3 is 0 Å². The predicted molar refractivity (Wildman–Crippen MR) is 81.7 cm³/mol. The van der Waals surface area contributed by atoms with Crippen LogP contribution in [0.4, 0.5) is 5.00 Å². The first kappa shape index (κ1) is 15.0. The van der Waals surface area contributed by atoms with Crippen LogP contribution in [0.5, 0.6) is 0 Å². The molecule has 0 aliphatic heterocycles. The van der Waals surface area contributed by atoms with Crippen LogP contribution in [-0.2, 0) is 5.75 Å². The van der Waals surface area contributed by atoms with Gasteiger partial charge in [0.1, 0.15) is 21.7 Å². The molecule has 100 valence electrons. The van der Waals surface area contributed by atoms with Gasteiger partial charge < -0.3 is 0 Å². The van der Waals surface area contributed by atoms with Crippen LogP contribution in [0.2, 0.25) is 10.0 Å². The van der Waals surface area contributed by atoms with Crippen LogP contribution in [0.25, 0.3) is 10.4 Å². The van der Waals surface area contributed by atoms with Gasteiger partial charge in [-0.2, -0.15) is 9.64 Å². The smallest absolute Gasteiger partial charge is 0.130 e. The SMILES string of the molecule is N#Cc1c(SCc2ccc(Cl)c(Cl)c2)nsc1N=[N+]=[N-]. The summed E-state index contributed by atoms with van der Waals surface area (Å²) in [4.78, 5) is 2.67. The number of hydrogen-bond acceptors (Lipinski definition) is 5. The Morgan fingerprint density at radius 2 is 2.25 bits per heavy atom. The van der Waals surface area contributed by atoms with E-state index in [4.69, 9.17) is 34.0 Å². The number of hydrogen-bond donors (Lipinski definition) is 0. The molecule has 0 spiro atoms. The minimum absolute atomic E-state index is 0.284. The molecule has 2 rings (SSSR count). The van der Waals surface area contributed by atoms with Gasteiger partial charge in [-0.25, -0.2) is 0 Å². The molecule has 2 aromatic rings. The first-order valence-corrected chi connectivity index (χ1v) is 7.68. The van der Waals surface area contributed by atoms with E-state index in [0.717, 1.165) is 17.1 Å². The van der Waals surface area contributed by atoms with Crippen molar-refractivity contribution in [3.8, 4) is 6.07 Å². The molecule has 0 fully saturated rings. The Labute approximate surface area is 132 Å². The van der Waals surface area contributed by atoms with E-state index in [1.165, 1.54) is 11.8 Å². The van der Waals surface area contributed by atoms with Crippen molar-refractivity contribution in [1.29, 1.82) is 5.26 Å². The molecule has 0 atom stereocenters. The summed E-state index contributed by atoms with van der Waals surface area (Å²) >= 11 is 14.2. The van der Waals surface area contributed by atoms with Crippen LogP contribution in [0, 0.1) is 11.3 Å². The van der Waals surface area contributed by atoms with Gasteiger partial charge in [-0.3, -0.25) is 0 Å². The molecule has 1 aromatic heterocycles. The quantitative estimate of drug-likeness (QED) is 0.316. The Balaban J connectivity index is 2.17. The molecule has 0 N–H and O–H groups in total. The number of nitriles is 1. The molecule has 5 nitrogen and oxygen atoms in total. The topological polar surface area (TPSA) is 85.4 Å². The first-order valence-electron chi connectivity index (χ1n) is 5.17. The van der Waals surface area contributed by atoms with Crippen LogP contribution < -0.4 is 0 Å². The molecule has 0 saturated carbocycles. The lowest BCUT2D eigenvalue weighted by atomic mass is 10.2. The Kier molecular flexibility index (Phi) is 5.12. The van der Waals surface area contributed by atoms with Crippen LogP contribution in [0.3, 0.4) is 0 Å². The summed E-state index contributed by atoms with van der Waals surface area (Å²) < 4.78 is 4.12. The van der Waals surface area contributed by atoms with E-state index in [1.807, 2.05) is 12.1 Å². The van der Waals surface area contributed by atoms with E-state index >= 15 is 0 Å². The molecule has 0 aliphatic rings. The summed E-state index contributed by atoms with van der Waals surface area (Å²) in [6.07, 6.45) is 0. The van der Waals surface area contributed by atoms with E-state index < -0.39 is 0 Å². The van der Waals surface area contributed by atoms with Crippen molar-refractivity contribution < 1.29 is 0 Å². The second-order valence-corrected chi connectivity index (χ2v) is 6.04. The fourth-order valence-electron chi connectivity index (χ4n) is 1.35. The lowest BCUT2D eigenvalue weighted by Gasteiger charge is -2.02. The number of rotatable bonds is 4. The number of thioether (sulfide) groups is 1. The third kappa shape index (κ3) is 3.37. The van der Waals surface area contributed by atoms with E-state index in [9.17, 15) is 0 Å². The van der Waals surface area contributed by atoms with Gasteiger partial charge in [0.25, 0.3) is 0 Å².